The van der Waals surface area contributed by atoms with Crippen molar-refractivity contribution in [2.75, 3.05) is 12.8 Å². The normalized spacial score (nSPS) is 13.2. The second-order valence-corrected chi connectivity index (χ2v) is 8.73. The van der Waals surface area contributed by atoms with Crippen molar-refractivity contribution in [1.29, 1.82) is 0 Å². The number of carbonyl (C=O) groups excluding carboxylic acids is 2. The van der Waals surface area contributed by atoms with Crippen LogP contribution in [-0.2, 0) is 26.0 Å². The number of esters is 1. The molecule has 0 saturated heterocycles. The summed E-state index contributed by atoms with van der Waals surface area (Å²) in [5, 5.41) is 2.75. The molecule has 1 unspecified atom stereocenters. The average Bonchev–Trinajstić information content (AvgIpc) is 2.44. The van der Waals surface area contributed by atoms with Crippen molar-refractivity contribution in [3.8, 4) is 0 Å². The lowest BCUT2D eigenvalue weighted by Crippen LogP contribution is -2.46. The third kappa shape index (κ3) is 8.64. The van der Waals surface area contributed by atoms with E-state index < -0.39 is 27.6 Å². The van der Waals surface area contributed by atoms with Crippen molar-refractivity contribution < 1.29 is 22.7 Å². The minimum absolute atomic E-state index is 0.284. The van der Waals surface area contributed by atoms with E-state index in [0.29, 0.717) is 12.0 Å². The molecule has 7 nitrogen and oxygen atoms in total. The second-order valence-electron chi connectivity index (χ2n) is 6.90. The van der Waals surface area contributed by atoms with Crippen LogP contribution in [-0.4, -0.2) is 44.7 Å². The molecule has 0 aliphatic heterocycles. The van der Waals surface area contributed by atoms with Crippen molar-refractivity contribution in [3.63, 3.8) is 0 Å². The summed E-state index contributed by atoms with van der Waals surface area (Å²) >= 11 is 0. The van der Waals surface area contributed by atoms with Crippen LogP contribution in [0, 0.1) is 0 Å². The Hall–Kier alpha value is -1.93. The Labute approximate surface area is 149 Å². The minimum atomic E-state index is -3.21. The van der Waals surface area contributed by atoms with Gasteiger partial charge in [-0.05, 0) is 51.8 Å². The lowest BCUT2D eigenvalue weighted by molar-refractivity contribution is -0.130. The van der Waals surface area contributed by atoms with Crippen LogP contribution in [0.25, 0.3) is 0 Å². The number of carbonyl (C=O) groups is 2. The summed E-state index contributed by atoms with van der Waals surface area (Å²) in [6.45, 7) is 7.33. The van der Waals surface area contributed by atoms with Crippen LogP contribution in [0.2, 0.25) is 0 Å². The SMILES string of the molecule is CC(OC(=O)c1ccc(CCNS(C)(=O)=O)cc1)C(=O)NC(C)(C)C. The van der Waals surface area contributed by atoms with Crippen molar-refractivity contribution in [1.82, 2.24) is 10.0 Å². The predicted molar refractivity (Wildman–Crippen MR) is 95.8 cm³/mol. The third-order valence-corrected chi connectivity index (χ3v) is 3.85. The van der Waals surface area contributed by atoms with E-state index in [2.05, 4.69) is 10.0 Å². The standard InChI is InChI=1S/C17H26N2O5S/c1-12(15(20)19-17(2,3)4)24-16(21)14-8-6-13(7-9-14)10-11-18-25(5,22)23/h6-9,12,18H,10-11H2,1-5H3,(H,19,20). The molecule has 0 radical (unpaired) electrons. The average molecular weight is 370 g/mol. The molecule has 140 valence electrons. The Kier molecular flexibility index (Phi) is 7.13. The molecule has 0 aromatic heterocycles. The first-order valence-electron chi connectivity index (χ1n) is 7.94. The Morgan fingerprint density at radius 3 is 2.20 bits per heavy atom. The monoisotopic (exact) mass is 370 g/mol. The molecule has 2 N–H and O–H groups in total. The van der Waals surface area contributed by atoms with Crippen LogP contribution in [0.3, 0.4) is 0 Å². The van der Waals surface area contributed by atoms with Gasteiger partial charge >= 0.3 is 5.97 Å². The number of amides is 1. The van der Waals surface area contributed by atoms with Crippen molar-refractivity contribution in [2.45, 2.75) is 45.8 Å². The van der Waals surface area contributed by atoms with Gasteiger partial charge in [-0.15, -0.1) is 0 Å². The zero-order valence-corrected chi connectivity index (χ0v) is 16.1. The van der Waals surface area contributed by atoms with Crippen LogP contribution in [0.15, 0.2) is 24.3 Å². The van der Waals surface area contributed by atoms with E-state index in [1.54, 1.807) is 24.3 Å². The predicted octanol–water partition coefficient (Wildman–Crippen LogP) is 1.24. The van der Waals surface area contributed by atoms with Gasteiger partial charge in [0.05, 0.1) is 11.8 Å². The Morgan fingerprint density at radius 1 is 1.16 bits per heavy atom. The summed E-state index contributed by atoms with van der Waals surface area (Å²) in [6, 6.07) is 6.62. The van der Waals surface area contributed by atoms with Gasteiger partial charge in [0, 0.05) is 12.1 Å². The van der Waals surface area contributed by atoms with E-state index in [4.69, 9.17) is 4.74 Å². The fraction of sp³-hybridized carbons (Fsp3) is 0.529. The lowest BCUT2D eigenvalue weighted by Gasteiger charge is -2.23. The van der Waals surface area contributed by atoms with Gasteiger partial charge in [-0.25, -0.2) is 17.9 Å². The van der Waals surface area contributed by atoms with Gasteiger partial charge in [0.1, 0.15) is 0 Å². The highest BCUT2D eigenvalue weighted by atomic mass is 32.2. The van der Waals surface area contributed by atoms with Crippen molar-refractivity contribution >= 4 is 21.9 Å². The number of ether oxygens (including phenoxy) is 1. The Morgan fingerprint density at radius 2 is 1.72 bits per heavy atom. The van der Waals surface area contributed by atoms with Crippen LogP contribution in [0.5, 0.6) is 0 Å². The van der Waals surface area contributed by atoms with Crippen LogP contribution in [0.1, 0.15) is 43.6 Å². The number of hydrogen-bond acceptors (Lipinski definition) is 5. The fourth-order valence-electron chi connectivity index (χ4n) is 1.94. The Balaban J connectivity index is 2.57. The quantitative estimate of drug-likeness (QED) is 0.703. The number of benzene rings is 1. The molecule has 0 aliphatic carbocycles. The summed E-state index contributed by atoms with van der Waals surface area (Å²) in [5.74, 6) is -0.943. The van der Waals surface area contributed by atoms with Crippen LogP contribution in [0.4, 0.5) is 0 Å². The molecular formula is C17H26N2O5S. The summed E-state index contributed by atoms with van der Waals surface area (Å²) in [7, 11) is -3.21. The zero-order valence-electron chi connectivity index (χ0n) is 15.3. The van der Waals surface area contributed by atoms with Gasteiger partial charge in [-0.2, -0.15) is 0 Å². The maximum Gasteiger partial charge on any atom is 0.338 e. The number of sulfonamides is 1. The molecule has 0 saturated carbocycles. The first kappa shape index (κ1) is 21.1. The molecule has 25 heavy (non-hydrogen) atoms. The summed E-state index contributed by atoms with van der Waals surface area (Å²) in [6.07, 6.45) is 0.709. The van der Waals surface area contributed by atoms with E-state index in [1.165, 1.54) is 6.92 Å². The van der Waals surface area contributed by atoms with Gasteiger partial charge in [0.2, 0.25) is 10.0 Å². The highest BCUT2D eigenvalue weighted by Gasteiger charge is 2.22. The number of hydrogen-bond donors (Lipinski definition) is 2. The molecular weight excluding hydrogens is 344 g/mol. The van der Waals surface area contributed by atoms with E-state index in [1.807, 2.05) is 20.8 Å². The summed E-state index contributed by atoms with van der Waals surface area (Å²) < 4.78 is 29.6. The molecule has 0 bridgehead atoms. The molecule has 0 fully saturated rings. The summed E-state index contributed by atoms with van der Waals surface area (Å²) in [4.78, 5) is 24.0. The molecule has 0 heterocycles. The highest BCUT2D eigenvalue weighted by Crippen LogP contribution is 2.09. The van der Waals surface area contributed by atoms with Crippen LogP contribution < -0.4 is 10.0 Å². The second kappa shape index (κ2) is 8.44. The maximum atomic E-state index is 12.1. The lowest BCUT2D eigenvalue weighted by atomic mass is 10.1. The molecule has 1 rings (SSSR count). The first-order chi connectivity index (χ1) is 11.4. The third-order valence-electron chi connectivity index (χ3n) is 3.12. The van der Waals surface area contributed by atoms with Gasteiger partial charge in [-0.1, -0.05) is 12.1 Å². The highest BCUT2D eigenvalue weighted by molar-refractivity contribution is 7.88. The number of nitrogens with one attached hydrogen (secondary N) is 2. The molecule has 1 aromatic carbocycles. The van der Waals surface area contributed by atoms with Gasteiger partial charge in [0.15, 0.2) is 6.10 Å². The van der Waals surface area contributed by atoms with Crippen molar-refractivity contribution in [3.05, 3.63) is 35.4 Å². The largest absolute Gasteiger partial charge is 0.449 e. The number of rotatable bonds is 7. The van der Waals surface area contributed by atoms with Crippen LogP contribution >= 0.6 is 0 Å². The molecule has 8 heteroatoms. The van der Waals surface area contributed by atoms with Gasteiger partial charge in [-0.3, -0.25) is 4.79 Å². The summed E-state index contributed by atoms with van der Waals surface area (Å²) in [5.41, 5.74) is 0.806. The van der Waals surface area contributed by atoms with E-state index in [-0.39, 0.29) is 12.5 Å². The minimum Gasteiger partial charge on any atom is -0.449 e. The fourth-order valence-corrected chi connectivity index (χ4v) is 2.41. The first-order valence-corrected chi connectivity index (χ1v) is 9.83. The van der Waals surface area contributed by atoms with E-state index in [0.717, 1.165) is 11.8 Å². The van der Waals surface area contributed by atoms with Crippen molar-refractivity contribution in [2.24, 2.45) is 0 Å². The molecule has 1 atom stereocenters. The molecule has 1 aromatic rings. The topological polar surface area (TPSA) is 102 Å². The Bertz CT molecular complexity index is 706. The molecule has 0 spiro atoms. The molecule has 1 amide bonds. The van der Waals surface area contributed by atoms with E-state index >= 15 is 0 Å². The smallest absolute Gasteiger partial charge is 0.338 e. The van der Waals surface area contributed by atoms with Gasteiger partial charge in [0.25, 0.3) is 5.91 Å². The maximum absolute atomic E-state index is 12.1. The van der Waals surface area contributed by atoms with Gasteiger partial charge < -0.3 is 10.1 Å². The van der Waals surface area contributed by atoms with E-state index in [9.17, 15) is 18.0 Å². The zero-order chi connectivity index (χ0) is 19.3. The molecule has 0 aliphatic rings.